The lowest BCUT2D eigenvalue weighted by Gasteiger charge is -2.42. The van der Waals surface area contributed by atoms with E-state index in [1.807, 2.05) is 18.2 Å². The van der Waals surface area contributed by atoms with Gasteiger partial charge in [-0.25, -0.2) is 22.5 Å². The molecule has 2 aromatic heterocycles. The van der Waals surface area contributed by atoms with Crippen molar-refractivity contribution in [2.75, 3.05) is 31.5 Å². The third-order valence-corrected chi connectivity index (χ3v) is 9.72. The standard InChI is InChI=1S/C21H25N5O4S2/c1-13-19(14(2)30-24-13)23-21(27)25-11-16(12-25)32(28,29)26-9-7-15(8-10-26)20-22-17-5-3-4-6-18(17)31-20/h3-6,15-16H,7-12H2,1-2H3,(H,23,27). The van der Waals surface area contributed by atoms with E-state index in [0.29, 0.717) is 30.2 Å². The maximum Gasteiger partial charge on any atom is 0.322 e. The number of aryl methyl sites for hydroxylation is 2. The Bertz CT molecular complexity index is 1200. The number of carbonyl (C=O) groups excluding carboxylic acids is 1. The molecule has 0 unspecified atom stereocenters. The molecule has 2 saturated heterocycles. The van der Waals surface area contributed by atoms with Gasteiger partial charge in [-0.15, -0.1) is 11.3 Å². The van der Waals surface area contributed by atoms with E-state index in [1.54, 1.807) is 29.5 Å². The summed E-state index contributed by atoms with van der Waals surface area (Å²) in [5.41, 5.74) is 2.14. The number of urea groups is 1. The van der Waals surface area contributed by atoms with Gasteiger partial charge in [-0.05, 0) is 38.8 Å². The molecule has 0 bridgehead atoms. The Balaban J connectivity index is 1.16. The molecule has 11 heteroatoms. The molecule has 0 spiro atoms. The van der Waals surface area contributed by atoms with Gasteiger partial charge in [0, 0.05) is 32.1 Å². The van der Waals surface area contributed by atoms with E-state index >= 15 is 0 Å². The number of aromatic nitrogens is 2. The molecule has 4 heterocycles. The fourth-order valence-corrected chi connectivity index (χ4v) is 7.29. The Kier molecular flexibility index (Phi) is 5.42. The maximum atomic E-state index is 13.1. The molecular formula is C21H25N5O4S2. The van der Waals surface area contributed by atoms with Crippen molar-refractivity contribution in [1.82, 2.24) is 19.3 Å². The number of para-hydroxylation sites is 1. The molecule has 170 valence electrons. The molecule has 0 saturated carbocycles. The zero-order chi connectivity index (χ0) is 22.5. The van der Waals surface area contributed by atoms with E-state index in [9.17, 15) is 13.2 Å². The summed E-state index contributed by atoms with van der Waals surface area (Å²) in [6.07, 6.45) is 1.53. The van der Waals surface area contributed by atoms with Crippen LogP contribution in [-0.2, 0) is 10.0 Å². The van der Waals surface area contributed by atoms with Crippen molar-refractivity contribution in [1.29, 1.82) is 0 Å². The number of nitrogens with zero attached hydrogens (tertiary/aromatic N) is 4. The summed E-state index contributed by atoms with van der Waals surface area (Å²) in [6, 6.07) is 7.74. The molecule has 3 aromatic rings. The van der Waals surface area contributed by atoms with Gasteiger partial charge in [0.1, 0.15) is 16.6 Å². The molecule has 2 amide bonds. The summed E-state index contributed by atoms with van der Waals surface area (Å²) in [6.45, 7) is 4.82. The number of thiazole rings is 1. The molecule has 2 aliphatic rings. The quantitative estimate of drug-likeness (QED) is 0.620. The normalized spacial score (nSPS) is 18.8. The largest absolute Gasteiger partial charge is 0.359 e. The smallest absolute Gasteiger partial charge is 0.322 e. The number of benzene rings is 1. The van der Waals surface area contributed by atoms with Crippen LogP contribution in [-0.4, -0.2) is 65.2 Å². The molecule has 2 fully saturated rings. The van der Waals surface area contributed by atoms with E-state index in [-0.39, 0.29) is 25.0 Å². The maximum absolute atomic E-state index is 13.1. The van der Waals surface area contributed by atoms with Crippen molar-refractivity contribution in [3.8, 4) is 0 Å². The predicted molar refractivity (Wildman–Crippen MR) is 122 cm³/mol. The highest BCUT2D eigenvalue weighted by atomic mass is 32.2. The monoisotopic (exact) mass is 475 g/mol. The first kappa shape index (κ1) is 21.4. The van der Waals surface area contributed by atoms with Gasteiger partial charge in [0.05, 0.1) is 15.2 Å². The first-order valence-electron chi connectivity index (χ1n) is 10.7. The van der Waals surface area contributed by atoms with Crippen LogP contribution < -0.4 is 5.32 Å². The lowest BCUT2D eigenvalue weighted by atomic mass is 9.99. The molecule has 5 rings (SSSR count). The van der Waals surface area contributed by atoms with Crippen molar-refractivity contribution in [3.05, 3.63) is 40.7 Å². The number of likely N-dealkylation sites (tertiary alicyclic amines) is 1. The van der Waals surface area contributed by atoms with E-state index in [4.69, 9.17) is 9.51 Å². The van der Waals surface area contributed by atoms with Gasteiger partial charge in [0.2, 0.25) is 10.0 Å². The number of amides is 2. The number of sulfonamides is 1. The zero-order valence-corrected chi connectivity index (χ0v) is 19.6. The predicted octanol–water partition coefficient (Wildman–Crippen LogP) is 3.33. The van der Waals surface area contributed by atoms with E-state index in [0.717, 1.165) is 23.4 Å². The fraction of sp³-hybridized carbons (Fsp3) is 0.476. The van der Waals surface area contributed by atoms with Crippen LogP contribution in [0.3, 0.4) is 0 Å². The number of rotatable bonds is 4. The number of fused-ring (bicyclic) bond motifs is 1. The van der Waals surface area contributed by atoms with Crippen molar-refractivity contribution < 1.29 is 17.7 Å². The highest BCUT2D eigenvalue weighted by Gasteiger charge is 2.44. The Morgan fingerprint density at radius 2 is 1.91 bits per heavy atom. The topological polar surface area (TPSA) is 109 Å². The molecule has 1 N–H and O–H groups in total. The van der Waals surface area contributed by atoms with Crippen molar-refractivity contribution in [2.45, 2.75) is 37.9 Å². The first-order chi connectivity index (χ1) is 15.3. The van der Waals surface area contributed by atoms with Crippen LogP contribution in [0.2, 0.25) is 0 Å². The minimum Gasteiger partial charge on any atom is -0.359 e. The van der Waals surface area contributed by atoms with Crippen LogP contribution in [0.25, 0.3) is 10.2 Å². The number of anilines is 1. The van der Waals surface area contributed by atoms with Crippen LogP contribution in [0.1, 0.15) is 35.2 Å². The van der Waals surface area contributed by atoms with Crippen LogP contribution in [0.5, 0.6) is 0 Å². The van der Waals surface area contributed by atoms with Crippen LogP contribution in [0.15, 0.2) is 28.8 Å². The average Bonchev–Trinajstić information content (AvgIpc) is 3.31. The summed E-state index contributed by atoms with van der Waals surface area (Å²) in [5.74, 6) is 0.814. The van der Waals surface area contributed by atoms with E-state index in [1.165, 1.54) is 9.60 Å². The minimum atomic E-state index is -3.44. The van der Waals surface area contributed by atoms with Gasteiger partial charge in [0.15, 0.2) is 5.76 Å². The molecule has 0 radical (unpaired) electrons. The van der Waals surface area contributed by atoms with Crippen molar-refractivity contribution in [2.24, 2.45) is 0 Å². The van der Waals surface area contributed by atoms with Gasteiger partial charge in [-0.2, -0.15) is 0 Å². The van der Waals surface area contributed by atoms with Crippen LogP contribution in [0.4, 0.5) is 10.5 Å². The summed E-state index contributed by atoms with van der Waals surface area (Å²) in [7, 11) is -3.44. The van der Waals surface area contributed by atoms with Crippen LogP contribution >= 0.6 is 11.3 Å². The summed E-state index contributed by atoms with van der Waals surface area (Å²) in [4.78, 5) is 18.7. The Morgan fingerprint density at radius 1 is 1.19 bits per heavy atom. The van der Waals surface area contributed by atoms with E-state index < -0.39 is 15.3 Å². The average molecular weight is 476 g/mol. The second kappa shape index (κ2) is 8.13. The van der Waals surface area contributed by atoms with Crippen LogP contribution in [0, 0.1) is 13.8 Å². The summed E-state index contributed by atoms with van der Waals surface area (Å²) in [5, 5.41) is 7.11. The highest BCUT2D eigenvalue weighted by Crippen LogP contribution is 2.35. The Labute approximate surface area is 190 Å². The van der Waals surface area contributed by atoms with Gasteiger partial charge in [0.25, 0.3) is 0 Å². The Morgan fingerprint density at radius 3 is 2.56 bits per heavy atom. The summed E-state index contributed by atoms with van der Waals surface area (Å²) >= 11 is 1.70. The highest BCUT2D eigenvalue weighted by molar-refractivity contribution is 7.89. The third-order valence-electron chi connectivity index (χ3n) is 6.30. The van der Waals surface area contributed by atoms with E-state index in [2.05, 4.69) is 16.5 Å². The molecular weight excluding hydrogens is 450 g/mol. The Hall–Kier alpha value is -2.50. The third kappa shape index (κ3) is 3.78. The minimum absolute atomic E-state index is 0.190. The number of piperidine rings is 1. The molecule has 0 aliphatic carbocycles. The number of nitrogens with one attached hydrogen (secondary N) is 1. The van der Waals surface area contributed by atoms with Gasteiger partial charge in [-0.3, -0.25) is 0 Å². The number of carbonyl (C=O) groups is 1. The van der Waals surface area contributed by atoms with Gasteiger partial charge >= 0.3 is 6.03 Å². The molecule has 1 aromatic carbocycles. The lowest BCUT2D eigenvalue weighted by Crippen LogP contribution is -2.61. The second-order valence-corrected chi connectivity index (χ2v) is 11.7. The molecule has 32 heavy (non-hydrogen) atoms. The van der Waals surface area contributed by atoms with Gasteiger partial charge in [-0.1, -0.05) is 17.3 Å². The number of hydrogen-bond donors (Lipinski definition) is 1. The lowest BCUT2D eigenvalue weighted by molar-refractivity contribution is 0.179. The fourth-order valence-electron chi connectivity index (χ4n) is 4.27. The SMILES string of the molecule is Cc1noc(C)c1NC(=O)N1CC(S(=O)(=O)N2CCC(c3nc4ccccc4s3)CC2)C1. The number of hydrogen-bond acceptors (Lipinski definition) is 7. The first-order valence-corrected chi connectivity index (χ1v) is 13.0. The molecule has 0 atom stereocenters. The summed E-state index contributed by atoms with van der Waals surface area (Å²) < 4.78 is 34.0. The second-order valence-electron chi connectivity index (χ2n) is 8.39. The molecule has 9 nitrogen and oxygen atoms in total. The zero-order valence-electron chi connectivity index (χ0n) is 17.9. The van der Waals surface area contributed by atoms with Crippen molar-refractivity contribution in [3.63, 3.8) is 0 Å². The van der Waals surface area contributed by atoms with Gasteiger partial charge < -0.3 is 14.7 Å². The molecule has 2 aliphatic heterocycles. The van der Waals surface area contributed by atoms with Crippen molar-refractivity contribution >= 4 is 43.3 Å².